The molecule has 1 N–H and O–H groups in total. The van der Waals surface area contributed by atoms with Crippen LogP contribution in [0.1, 0.15) is 17.3 Å². The van der Waals surface area contributed by atoms with Crippen molar-refractivity contribution in [1.82, 2.24) is 9.13 Å². The van der Waals surface area contributed by atoms with E-state index in [1.807, 2.05) is 0 Å². The fourth-order valence-corrected chi connectivity index (χ4v) is 3.76. The minimum absolute atomic E-state index is 0.0969. The highest BCUT2D eigenvalue weighted by Gasteiger charge is 2.18. The summed E-state index contributed by atoms with van der Waals surface area (Å²) in [5.41, 5.74) is 0.359. The van der Waals surface area contributed by atoms with E-state index in [1.165, 1.54) is 18.6 Å². The van der Waals surface area contributed by atoms with Crippen LogP contribution in [-0.4, -0.2) is 39.8 Å². The molecular formula is C26H24N2O6. The molecule has 0 spiro atoms. The maximum Gasteiger partial charge on any atom is 0.336 e. The first-order valence-corrected chi connectivity index (χ1v) is 10.7. The van der Waals surface area contributed by atoms with Gasteiger partial charge in [0, 0.05) is 5.56 Å². The van der Waals surface area contributed by atoms with Crippen molar-refractivity contribution in [2.45, 2.75) is 19.6 Å². The van der Waals surface area contributed by atoms with Gasteiger partial charge in [-0.05, 0) is 49.4 Å². The number of carbonyl (C=O) groups excluding carboxylic acids is 1. The maximum atomic E-state index is 13.3. The summed E-state index contributed by atoms with van der Waals surface area (Å²) >= 11 is 0. The molecule has 0 bridgehead atoms. The lowest BCUT2D eigenvalue weighted by atomic mass is 10.1. The summed E-state index contributed by atoms with van der Waals surface area (Å²) in [6, 6.07) is 20.2. The van der Waals surface area contributed by atoms with Crippen molar-refractivity contribution < 1.29 is 19.4 Å². The molecular weight excluding hydrogens is 436 g/mol. The molecule has 0 unspecified atom stereocenters. The fraction of sp³-hybridized carbons (Fsp3) is 0.192. The monoisotopic (exact) mass is 460 g/mol. The van der Waals surface area contributed by atoms with Crippen molar-refractivity contribution in [2.75, 3.05) is 13.7 Å². The number of carbonyl (C=O) groups is 1. The Morgan fingerprint density at radius 2 is 1.68 bits per heavy atom. The molecule has 4 rings (SSSR count). The number of aliphatic hydroxyl groups is 1. The normalized spacial score (nSPS) is 11.9. The van der Waals surface area contributed by atoms with Crippen LogP contribution in [0.5, 0.6) is 11.5 Å². The minimum Gasteiger partial charge on any atom is -0.493 e. The number of aromatic nitrogens is 2. The van der Waals surface area contributed by atoms with Crippen LogP contribution in [-0.2, 0) is 6.54 Å². The maximum absolute atomic E-state index is 13.3. The summed E-state index contributed by atoms with van der Waals surface area (Å²) in [4.78, 5) is 38.0. The van der Waals surface area contributed by atoms with Gasteiger partial charge in [0.2, 0.25) is 0 Å². The first-order valence-electron chi connectivity index (χ1n) is 10.7. The number of nitrogens with zero attached hydrogens (tertiary/aromatic N) is 2. The topological polar surface area (TPSA) is 99.8 Å². The molecule has 8 nitrogen and oxygen atoms in total. The van der Waals surface area contributed by atoms with Gasteiger partial charge in [-0.25, -0.2) is 9.36 Å². The smallest absolute Gasteiger partial charge is 0.336 e. The van der Waals surface area contributed by atoms with Gasteiger partial charge in [-0.3, -0.25) is 14.2 Å². The highest BCUT2D eigenvalue weighted by molar-refractivity contribution is 5.94. The van der Waals surface area contributed by atoms with Crippen LogP contribution in [0.15, 0.2) is 82.4 Å². The first-order chi connectivity index (χ1) is 16.4. The third kappa shape index (κ3) is 4.49. The third-order valence-electron chi connectivity index (χ3n) is 5.46. The number of hydrogen-bond donors (Lipinski definition) is 1. The van der Waals surface area contributed by atoms with Gasteiger partial charge in [-0.1, -0.05) is 30.3 Å². The van der Waals surface area contributed by atoms with Gasteiger partial charge in [-0.2, -0.15) is 0 Å². The summed E-state index contributed by atoms with van der Waals surface area (Å²) < 4.78 is 13.5. The molecule has 1 heterocycles. The largest absolute Gasteiger partial charge is 0.493 e. The molecule has 8 heteroatoms. The molecule has 0 saturated carbocycles. The lowest BCUT2D eigenvalue weighted by molar-refractivity contribution is 0.0905. The van der Waals surface area contributed by atoms with E-state index in [-0.39, 0.29) is 18.9 Å². The molecule has 0 fully saturated rings. The zero-order valence-corrected chi connectivity index (χ0v) is 18.8. The molecule has 0 aliphatic carbocycles. The second-order valence-corrected chi connectivity index (χ2v) is 7.77. The number of hydrogen-bond acceptors (Lipinski definition) is 6. The van der Waals surface area contributed by atoms with Gasteiger partial charge in [0.15, 0.2) is 17.3 Å². The Hall–Kier alpha value is -4.17. The Bertz CT molecular complexity index is 1460. The van der Waals surface area contributed by atoms with Crippen molar-refractivity contribution in [3.8, 4) is 17.2 Å². The lowest BCUT2D eigenvalue weighted by Gasteiger charge is -2.18. The molecule has 174 valence electrons. The Kier molecular flexibility index (Phi) is 6.60. The van der Waals surface area contributed by atoms with Gasteiger partial charge >= 0.3 is 5.69 Å². The average Bonchev–Trinajstić information content (AvgIpc) is 2.86. The number of benzene rings is 3. The van der Waals surface area contributed by atoms with Gasteiger partial charge < -0.3 is 14.6 Å². The molecule has 0 aliphatic rings. The van der Waals surface area contributed by atoms with E-state index < -0.39 is 17.4 Å². The zero-order valence-electron chi connectivity index (χ0n) is 18.8. The SMILES string of the molecule is COc1cc(C(C)=O)ccc1OC[C@H](O)Cn1c(=O)n(-c2ccccc2)c(=O)c2ccccc21. The number of methoxy groups -OCH3 is 1. The summed E-state index contributed by atoms with van der Waals surface area (Å²) in [7, 11) is 1.46. The first kappa shape index (κ1) is 23.0. The molecule has 3 aromatic carbocycles. The standard InChI is InChI=1S/C26H24N2O6/c1-17(29)18-12-13-23(24(14-18)33-2)34-16-20(30)15-27-22-11-7-6-10-21(22)25(31)28(26(27)32)19-8-4-3-5-9-19/h3-14,20,30H,15-16H2,1-2H3/t20-/m1/s1. The van der Waals surface area contributed by atoms with Crippen molar-refractivity contribution in [2.24, 2.45) is 0 Å². The molecule has 1 aromatic heterocycles. The van der Waals surface area contributed by atoms with Crippen LogP contribution < -0.4 is 20.7 Å². The van der Waals surface area contributed by atoms with E-state index >= 15 is 0 Å². The minimum atomic E-state index is -1.07. The van der Waals surface area contributed by atoms with Crippen molar-refractivity contribution >= 4 is 16.7 Å². The highest BCUT2D eigenvalue weighted by Crippen LogP contribution is 2.28. The van der Waals surface area contributed by atoms with Gasteiger partial charge in [0.25, 0.3) is 5.56 Å². The number of ether oxygens (including phenoxy) is 2. The number of aliphatic hydroxyl groups excluding tert-OH is 1. The average molecular weight is 460 g/mol. The van der Waals surface area contributed by atoms with E-state index in [0.29, 0.717) is 33.7 Å². The van der Waals surface area contributed by atoms with Crippen LogP contribution in [0.25, 0.3) is 16.6 Å². The van der Waals surface area contributed by atoms with Crippen LogP contribution in [0.4, 0.5) is 0 Å². The van der Waals surface area contributed by atoms with Crippen LogP contribution in [0.3, 0.4) is 0 Å². The molecule has 0 aliphatic heterocycles. The predicted molar refractivity (Wildman–Crippen MR) is 128 cm³/mol. The molecule has 0 radical (unpaired) electrons. The Labute approximate surface area is 195 Å². The lowest BCUT2D eigenvalue weighted by Crippen LogP contribution is -2.41. The van der Waals surface area contributed by atoms with E-state index in [0.717, 1.165) is 4.57 Å². The number of fused-ring (bicyclic) bond motifs is 1. The van der Waals surface area contributed by atoms with Crippen LogP contribution in [0.2, 0.25) is 0 Å². The molecule has 0 saturated heterocycles. The zero-order chi connectivity index (χ0) is 24.2. The van der Waals surface area contributed by atoms with Crippen LogP contribution in [0, 0.1) is 0 Å². The quantitative estimate of drug-likeness (QED) is 0.406. The molecule has 1 atom stereocenters. The predicted octanol–water partition coefficient (Wildman–Crippen LogP) is 2.80. The van der Waals surface area contributed by atoms with Crippen molar-refractivity contribution in [3.05, 3.63) is 99.2 Å². The van der Waals surface area contributed by atoms with Crippen molar-refractivity contribution in [1.29, 1.82) is 0 Å². The summed E-state index contributed by atoms with van der Waals surface area (Å²) in [5.74, 6) is 0.614. The second kappa shape index (κ2) is 9.76. The molecule has 0 amide bonds. The van der Waals surface area contributed by atoms with E-state index in [9.17, 15) is 19.5 Å². The number of ketones is 1. The summed E-state index contributed by atoms with van der Waals surface area (Å²) in [6.45, 7) is 1.22. The molecule has 34 heavy (non-hydrogen) atoms. The van der Waals surface area contributed by atoms with E-state index in [4.69, 9.17) is 9.47 Å². The van der Waals surface area contributed by atoms with Gasteiger partial charge in [0.05, 0.1) is 30.2 Å². The van der Waals surface area contributed by atoms with E-state index in [1.54, 1.807) is 72.8 Å². The van der Waals surface area contributed by atoms with Crippen LogP contribution >= 0.6 is 0 Å². The van der Waals surface area contributed by atoms with Gasteiger partial charge in [-0.15, -0.1) is 0 Å². The third-order valence-corrected chi connectivity index (χ3v) is 5.46. The Morgan fingerprint density at radius 3 is 2.38 bits per heavy atom. The second-order valence-electron chi connectivity index (χ2n) is 7.77. The molecule has 4 aromatic rings. The Morgan fingerprint density at radius 1 is 0.971 bits per heavy atom. The summed E-state index contributed by atoms with van der Waals surface area (Å²) in [5, 5.41) is 11.1. The fourth-order valence-electron chi connectivity index (χ4n) is 3.76. The van der Waals surface area contributed by atoms with E-state index in [2.05, 4.69) is 0 Å². The highest BCUT2D eigenvalue weighted by atomic mass is 16.5. The number of para-hydroxylation sites is 2. The number of Topliss-reactive ketones (excluding diaryl/α,β-unsaturated/α-hetero) is 1. The number of rotatable bonds is 8. The Balaban J connectivity index is 1.65. The van der Waals surface area contributed by atoms with Gasteiger partial charge in [0.1, 0.15) is 12.7 Å². The van der Waals surface area contributed by atoms with Crippen molar-refractivity contribution in [3.63, 3.8) is 0 Å². The summed E-state index contributed by atoms with van der Waals surface area (Å²) in [6.07, 6.45) is -1.07.